The van der Waals surface area contributed by atoms with E-state index in [0.29, 0.717) is 25.3 Å². The molecule has 0 aliphatic carbocycles. The number of ether oxygens (including phenoxy) is 2. The molecule has 1 aliphatic rings. The Morgan fingerprint density at radius 3 is 2.57 bits per heavy atom. The molecule has 0 saturated carbocycles. The molecule has 3 rings (SSSR count). The molecule has 2 amide bonds. The van der Waals surface area contributed by atoms with Crippen molar-refractivity contribution in [2.24, 2.45) is 10.7 Å². The van der Waals surface area contributed by atoms with Gasteiger partial charge < -0.3 is 25.4 Å². The van der Waals surface area contributed by atoms with Gasteiger partial charge in [-0.3, -0.25) is 9.59 Å². The Balaban J connectivity index is 0.00000456. The Hall–Kier alpha value is -3.88. The summed E-state index contributed by atoms with van der Waals surface area (Å²) in [5.74, 6) is -0.777. The van der Waals surface area contributed by atoms with Gasteiger partial charge in [-0.05, 0) is 63.2 Å². The van der Waals surface area contributed by atoms with Crippen molar-refractivity contribution in [3.05, 3.63) is 65.6 Å². The van der Waals surface area contributed by atoms with Crippen molar-refractivity contribution in [1.82, 2.24) is 10.2 Å². The SMILES string of the molecule is CCC(C)(C)Oc1cc(Oc2cc(F)ccc2C(=O)N2CCC2)cc(C(=O)N=C(N)/C=C\NC)c1.[HH]. The van der Waals surface area contributed by atoms with E-state index < -0.39 is 17.3 Å². The van der Waals surface area contributed by atoms with E-state index in [-0.39, 0.29) is 35.8 Å². The van der Waals surface area contributed by atoms with Gasteiger partial charge >= 0.3 is 0 Å². The fourth-order valence-electron chi connectivity index (χ4n) is 3.17. The summed E-state index contributed by atoms with van der Waals surface area (Å²) in [5.41, 5.74) is 5.67. The number of nitrogens with two attached hydrogens (primary N) is 1. The van der Waals surface area contributed by atoms with E-state index in [9.17, 15) is 14.0 Å². The molecule has 2 aromatic carbocycles. The Morgan fingerprint density at radius 1 is 1.23 bits per heavy atom. The van der Waals surface area contributed by atoms with Crippen LogP contribution in [0, 0.1) is 5.82 Å². The van der Waals surface area contributed by atoms with Gasteiger partial charge in [0.25, 0.3) is 11.8 Å². The van der Waals surface area contributed by atoms with Gasteiger partial charge in [0.1, 0.15) is 34.5 Å². The van der Waals surface area contributed by atoms with E-state index in [0.717, 1.165) is 12.5 Å². The van der Waals surface area contributed by atoms with Gasteiger partial charge in [-0.2, -0.15) is 4.99 Å². The second-order valence-electron chi connectivity index (χ2n) is 8.76. The zero-order chi connectivity index (χ0) is 25.6. The molecule has 8 nitrogen and oxygen atoms in total. The van der Waals surface area contributed by atoms with Gasteiger partial charge in [0.05, 0.1) is 5.56 Å². The van der Waals surface area contributed by atoms with Crippen molar-refractivity contribution in [3.8, 4) is 17.2 Å². The van der Waals surface area contributed by atoms with Crippen LogP contribution in [0.25, 0.3) is 0 Å². The summed E-state index contributed by atoms with van der Waals surface area (Å²) in [4.78, 5) is 31.2. The number of carbonyl (C=O) groups is 2. The number of nitrogens with zero attached hydrogens (tertiary/aromatic N) is 2. The molecule has 1 saturated heterocycles. The fourth-order valence-corrected chi connectivity index (χ4v) is 3.17. The molecular weight excluding hydrogens is 451 g/mol. The molecule has 2 aromatic rings. The van der Waals surface area contributed by atoms with E-state index in [1.165, 1.54) is 24.3 Å². The van der Waals surface area contributed by atoms with E-state index in [2.05, 4.69) is 10.3 Å². The Kier molecular flexibility index (Phi) is 8.11. The Labute approximate surface area is 206 Å². The number of aliphatic imine (C=N–C) groups is 1. The third kappa shape index (κ3) is 6.81. The molecule has 0 bridgehead atoms. The molecule has 188 valence electrons. The maximum atomic E-state index is 14.1. The molecule has 9 heteroatoms. The van der Waals surface area contributed by atoms with Gasteiger partial charge in [0.2, 0.25) is 0 Å². The molecule has 3 N–H and O–H groups in total. The molecule has 35 heavy (non-hydrogen) atoms. The first-order valence-corrected chi connectivity index (χ1v) is 11.4. The molecule has 0 radical (unpaired) electrons. The molecule has 1 heterocycles. The highest BCUT2D eigenvalue weighted by molar-refractivity contribution is 6.06. The smallest absolute Gasteiger partial charge is 0.279 e. The lowest BCUT2D eigenvalue weighted by molar-refractivity contribution is 0.0649. The predicted octanol–water partition coefficient (Wildman–Crippen LogP) is 4.51. The second-order valence-corrected chi connectivity index (χ2v) is 8.76. The number of likely N-dealkylation sites (tertiary alicyclic amines) is 1. The lowest BCUT2D eigenvalue weighted by atomic mass is 10.1. The van der Waals surface area contributed by atoms with Crippen molar-refractivity contribution in [2.45, 2.75) is 39.2 Å². The minimum Gasteiger partial charge on any atom is -0.488 e. The minimum absolute atomic E-state index is 0. The summed E-state index contributed by atoms with van der Waals surface area (Å²) in [5, 5.41) is 2.77. The first kappa shape index (κ1) is 25.7. The molecule has 0 atom stereocenters. The van der Waals surface area contributed by atoms with Gasteiger partial charge in [0, 0.05) is 39.3 Å². The summed E-state index contributed by atoms with van der Waals surface area (Å²) in [6, 6.07) is 8.35. The first-order chi connectivity index (χ1) is 16.6. The zero-order valence-electron chi connectivity index (χ0n) is 20.4. The monoisotopic (exact) mass is 484 g/mol. The maximum absolute atomic E-state index is 14.1. The third-order valence-corrected chi connectivity index (χ3v) is 5.57. The van der Waals surface area contributed by atoms with Crippen LogP contribution in [-0.4, -0.2) is 48.3 Å². The van der Waals surface area contributed by atoms with Crippen LogP contribution < -0.4 is 20.5 Å². The standard InChI is InChI=1S/C26H31FN4O4.H2/c1-5-26(2,3)35-20-14-17(24(32)30-23(28)9-10-29-4)13-19(16-20)34-22-15-18(27)7-8-21(22)25(33)31-11-6-12-31;/h7-10,13-16,29H,5-6,11-12H2,1-4H3,(H2,28,30,32);1H/b10-9-;. The third-order valence-electron chi connectivity index (χ3n) is 5.57. The topological polar surface area (TPSA) is 106 Å². The number of halogens is 1. The highest BCUT2D eigenvalue weighted by atomic mass is 19.1. The van der Waals surface area contributed by atoms with Crippen LogP contribution in [0.15, 0.2) is 53.7 Å². The first-order valence-electron chi connectivity index (χ1n) is 11.4. The Bertz CT molecular complexity index is 1160. The number of carbonyl (C=O) groups excluding carboxylic acids is 2. The van der Waals surface area contributed by atoms with Crippen LogP contribution in [-0.2, 0) is 0 Å². The average molecular weight is 485 g/mol. The molecule has 1 fully saturated rings. The van der Waals surface area contributed by atoms with Crippen molar-refractivity contribution >= 4 is 17.6 Å². The number of hydrogen-bond acceptors (Lipinski definition) is 5. The summed E-state index contributed by atoms with van der Waals surface area (Å²) in [6.45, 7) is 7.09. The summed E-state index contributed by atoms with van der Waals surface area (Å²) in [6.07, 6.45) is 4.63. The van der Waals surface area contributed by atoms with Crippen molar-refractivity contribution in [2.75, 3.05) is 20.1 Å². The molecule has 0 aromatic heterocycles. The van der Waals surface area contributed by atoms with Gasteiger partial charge in [-0.1, -0.05) is 6.92 Å². The van der Waals surface area contributed by atoms with Crippen LogP contribution in [0.2, 0.25) is 0 Å². The minimum atomic E-state index is -0.607. The quantitative estimate of drug-likeness (QED) is 0.401. The van der Waals surface area contributed by atoms with Gasteiger partial charge in [0.15, 0.2) is 0 Å². The molecule has 0 unspecified atom stereocenters. The van der Waals surface area contributed by atoms with Crippen LogP contribution >= 0.6 is 0 Å². The van der Waals surface area contributed by atoms with Crippen molar-refractivity contribution in [1.29, 1.82) is 0 Å². The summed E-state index contributed by atoms with van der Waals surface area (Å²) < 4.78 is 26.1. The van der Waals surface area contributed by atoms with Crippen LogP contribution in [0.3, 0.4) is 0 Å². The van der Waals surface area contributed by atoms with E-state index >= 15 is 0 Å². The van der Waals surface area contributed by atoms with Crippen LogP contribution in [0.4, 0.5) is 4.39 Å². The number of hydrogen-bond donors (Lipinski definition) is 2. The van der Waals surface area contributed by atoms with E-state index in [1.807, 2.05) is 20.8 Å². The summed E-state index contributed by atoms with van der Waals surface area (Å²) in [7, 11) is 1.69. The van der Waals surface area contributed by atoms with Crippen molar-refractivity contribution in [3.63, 3.8) is 0 Å². The van der Waals surface area contributed by atoms with Gasteiger partial charge in [-0.15, -0.1) is 0 Å². The Morgan fingerprint density at radius 2 is 1.94 bits per heavy atom. The largest absolute Gasteiger partial charge is 0.488 e. The fraction of sp³-hybridized carbons (Fsp3) is 0.346. The zero-order valence-corrected chi connectivity index (χ0v) is 20.4. The number of benzene rings is 2. The second kappa shape index (κ2) is 11.0. The maximum Gasteiger partial charge on any atom is 0.279 e. The normalized spacial score (nSPS) is 14.0. The predicted molar refractivity (Wildman–Crippen MR) is 135 cm³/mol. The molecule has 0 spiro atoms. The average Bonchev–Trinajstić information content (AvgIpc) is 2.76. The lowest BCUT2D eigenvalue weighted by Crippen LogP contribution is -2.42. The summed E-state index contributed by atoms with van der Waals surface area (Å²) >= 11 is 0. The van der Waals surface area contributed by atoms with Crippen LogP contribution in [0.5, 0.6) is 17.2 Å². The number of nitrogens with one attached hydrogen (secondary N) is 1. The highest BCUT2D eigenvalue weighted by Gasteiger charge is 2.25. The highest BCUT2D eigenvalue weighted by Crippen LogP contribution is 2.33. The number of amides is 2. The van der Waals surface area contributed by atoms with Crippen LogP contribution in [0.1, 0.15) is 55.8 Å². The number of rotatable bonds is 9. The van der Waals surface area contributed by atoms with Crippen molar-refractivity contribution < 1.29 is 24.9 Å². The van der Waals surface area contributed by atoms with Gasteiger partial charge in [-0.25, -0.2) is 4.39 Å². The number of amidine groups is 1. The molecule has 1 aliphatic heterocycles. The van der Waals surface area contributed by atoms with E-state index in [4.69, 9.17) is 15.2 Å². The van der Waals surface area contributed by atoms with E-state index in [1.54, 1.807) is 30.3 Å². The molecular formula is C26H33FN4O4. The lowest BCUT2D eigenvalue weighted by Gasteiger charge is -2.31.